The number of nitro benzene ring substituents is 1. The van der Waals surface area contributed by atoms with E-state index < -0.39 is 10.8 Å². The maximum absolute atomic E-state index is 10.9. The van der Waals surface area contributed by atoms with Gasteiger partial charge in [-0.15, -0.1) is 0 Å². The van der Waals surface area contributed by atoms with Crippen LogP contribution in [-0.4, -0.2) is 15.8 Å². The minimum absolute atomic E-state index is 0.0243. The van der Waals surface area contributed by atoms with Gasteiger partial charge in [0.15, 0.2) is 0 Å². The first-order chi connectivity index (χ1) is 9.95. The Bertz CT molecular complexity index is 700. The summed E-state index contributed by atoms with van der Waals surface area (Å²) in [5.41, 5.74) is 6.14. The van der Waals surface area contributed by atoms with Crippen molar-refractivity contribution in [3.05, 3.63) is 57.9 Å². The van der Waals surface area contributed by atoms with E-state index in [0.29, 0.717) is 22.8 Å². The number of ether oxygens (including phenoxy) is 1. The van der Waals surface area contributed by atoms with Crippen LogP contribution >= 0.6 is 0 Å². The van der Waals surface area contributed by atoms with Crippen LogP contribution in [0, 0.1) is 17.0 Å². The summed E-state index contributed by atoms with van der Waals surface area (Å²) in [6.07, 6.45) is 1.53. The third-order valence-electron chi connectivity index (χ3n) is 2.74. The Labute approximate surface area is 120 Å². The van der Waals surface area contributed by atoms with Gasteiger partial charge in [0.2, 0.25) is 5.91 Å². The lowest BCUT2D eigenvalue weighted by Gasteiger charge is -2.07. The van der Waals surface area contributed by atoms with Gasteiger partial charge in [-0.25, -0.2) is 0 Å². The van der Waals surface area contributed by atoms with E-state index in [1.165, 1.54) is 18.3 Å². The van der Waals surface area contributed by atoms with E-state index in [4.69, 9.17) is 10.5 Å². The molecule has 1 amide bonds. The molecule has 0 aliphatic carbocycles. The number of aryl methyl sites for hydroxylation is 1. The van der Waals surface area contributed by atoms with Crippen LogP contribution in [0.2, 0.25) is 0 Å². The summed E-state index contributed by atoms with van der Waals surface area (Å²) in [4.78, 5) is 25.2. The van der Waals surface area contributed by atoms with Crippen molar-refractivity contribution in [1.82, 2.24) is 4.98 Å². The number of primary amides is 1. The minimum atomic E-state index is -0.481. The van der Waals surface area contributed by atoms with Crippen molar-refractivity contribution >= 4 is 11.6 Å². The number of hydrogen-bond donors (Lipinski definition) is 1. The van der Waals surface area contributed by atoms with Gasteiger partial charge in [0.05, 0.1) is 17.0 Å². The van der Waals surface area contributed by atoms with E-state index in [1.807, 2.05) is 0 Å². The van der Waals surface area contributed by atoms with E-state index in [9.17, 15) is 14.9 Å². The maximum Gasteiger partial charge on any atom is 0.272 e. The molecule has 108 valence electrons. The summed E-state index contributed by atoms with van der Waals surface area (Å²) in [6, 6.07) is 7.70. The van der Waals surface area contributed by atoms with Crippen molar-refractivity contribution in [3.63, 3.8) is 0 Å². The van der Waals surface area contributed by atoms with E-state index in [2.05, 4.69) is 4.98 Å². The van der Waals surface area contributed by atoms with Crippen molar-refractivity contribution in [2.75, 3.05) is 0 Å². The Morgan fingerprint density at radius 2 is 2.05 bits per heavy atom. The van der Waals surface area contributed by atoms with E-state index in [-0.39, 0.29) is 12.1 Å². The highest BCUT2D eigenvalue weighted by Gasteiger charge is 2.11. The van der Waals surface area contributed by atoms with Gasteiger partial charge < -0.3 is 10.5 Å². The average Bonchev–Trinajstić information content (AvgIpc) is 2.37. The molecule has 7 heteroatoms. The number of carbonyl (C=O) groups is 1. The standard InChI is InChI=1S/C14H13N3O4/c1-9-6-11(2-3-13(9)17(19)20)21-12-4-5-16-10(7-12)8-14(15)18/h2-7H,8H2,1H3,(H2,15,18). The fourth-order valence-electron chi connectivity index (χ4n) is 1.83. The van der Waals surface area contributed by atoms with Crippen LogP contribution in [0.15, 0.2) is 36.5 Å². The Balaban J connectivity index is 2.20. The van der Waals surface area contributed by atoms with Gasteiger partial charge in [0, 0.05) is 23.9 Å². The first-order valence-electron chi connectivity index (χ1n) is 6.12. The topological polar surface area (TPSA) is 108 Å². The Morgan fingerprint density at radius 1 is 1.33 bits per heavy atom. The second-order valence-electron chi connectivity index (χ2n) is 4.43. The van der Waals surface area contributed by atoms with Gasteiger partial charge in [-0.3, -0.25) is 19.9 Å². The molecule has 2 rings (SSSR count). The molecule has 2 N–H and O–H groups in total. The second-order valence-corrected chi connectivity index (χ2v) is 4.43. The van der Waals surface area contributed by atoms with Gasteiger partial charge in [-0.2, -0.15) is 0 Å². The van der Waals surface area contributed by atoms with Crippen LogP contribution < -0.4 is 10.5 Å². The number of carbonyl (C=O) groups excluding carboxylic acids is 1. The molecule has 2 aromatic rings. The highest BCUT2D eigenvalue weighted by atomic mass is 16.6. The maximum atomic E-state index is 10.9. The lowest BCUT2D eigenvalue weighted by atomic mass is 10.2. The average molecular weight is 287 g/mol. The number of nitro groups is 1. The third-order valence-corrected chi connectivity index (χ3v) is 2.74. The molecule has 0 saturated carbocycles. The van der Waals surface area contributed by atoms with E-state index >= 15 is 0 Å². The molecular formula is C14H13N3O4. The monoisotopic (exact) mass is 287 g/mol. The Hall–Kier alpha value is -2.96. The molecule has 0 aliphatic rings. The number of pyridine rings is 1. The molecule has 7 nitrogen and oxygen atoms in total. The number of rotatable bonds is 5. The summed E-state index contributed by atoms with van der Waals surface area (Å²) < 4.78 is 5.60. The number of amides is 1. The summed E-state index contributed by atoms with van der Waals surface area (Å²) >= 11 is 0. The number of nitrogens with zero attached hydrogens (tertiary/aromatic N) is 2. The molecule has 1 heterocycles. The summed E-state index contributed by atoms with van der Waals surface area (Å²) in [7, 11) is 0. The van der Waals surface area contributed by atoms with Gasteiger partial charge in [-0.1, -0.05) is 0 Å². The zero-order valence-electron chi connectivity index (χ0n) is 11.3. The predicted molar refractivity (Wildman–Crippen MR) is 75.0 cm³/mol. The largest absolute Gasteiger partial charge is 0.457 e. The Morgan fingerprint density at radius 3 is 2.67 bits per heavy atom. The van der Waals surface area contributed by atoms with Crippen molar-refractivity contribution in [2.45, 2.75) is 13.3 Å². The molecular weight excluding hydrogens is 274 g/mol. The van der Waals surface area contributed by atoms with Crippen molar-refractivity contribution in [2.24, 2.45) is 5.73 Å². The van der Waals surface area contributed by atoms with Crippen LogP contribution in [0.3, 0.4) is 0 Å². The summed E-state index contributed by atoms with van der Waals surface area (Å²) in [6.45, 7) is 1.63. The molecule has 0 spiro atoms. The van der Waals surface area contributed by atoms with Gasteiger partial charge in [-0.05, 0) is 25.1 Å². The molecule has 1 aromatic heterocycles. The fourth-order valence-corrected chi connectivity index (χ4v) is 1.83. The lowest BCUT2D eigenvalue weighted by molar-refractivity contribution is -0.385. The first-order valence-corrected chi connectivity index (χ1v) is 6.12. The normalized spacial score (nSPS) is 10.1. The van der Waals surface area contributed by atoms with Crippen LogP contribution in [0.4, 0.5) is 5.69 Å². The van der Waals surface area contributed by atoms with Gasteiger partial charge >= 0.3 is 0 Å². The predicted octanol–water partition coefficient (Wildman–Crippen LogP) is 2.12. The third kappa shape index (κ3) is 3.75. The van der Waals surface area contributed by atoms with Gasteiger partial charge in [0.1, 0.15) is 11.5 Å². The van der Waals surface area contributed by atoms with Crippen molar-refractivity contribution in [3.8, 4) is 11.5 Å². The number of aromatic nitrogens is 1. The highest BCUT2D eigenvalue weighted by molar-refractivity contribution is 5.76. The van der Waals surface area contributed by atoms with Crippen LogP contribution in [-0.2, 0) is 11.2 Å². The number of hydrogen-bond acceptors (Lipinski definition) is 5. The van der Waals surface area contributed by atoms with Crippen LogP contribution in [0.25, 0.3) is 0 Å². The molecule has 1 aromatic carbocycles. The van der Waals surface area contributed by atoms with Crippen molar-refractivity contribution in [1.29, 1.82) is 0 Å². The zero-order chi connectivity index (χ0) is 15.4. The molecule has 0 atom stereocenters. The van der Waals surface area contributed by atoms with E-state index in [0.717, 1.165) is 0 Å². The molecule has 0 radical (unpaired) electrons. The number of benzene rings is 1. The van der Waals surface area contributed by atoms with Crippen molar-refractivity contribution < 1.29 is 14.5 Å². The lowest BCUT2D eigenvalue weighted by Crippen LogP contribution is -2.14. The van der Waals surface area contributed by atoms with Gasteiger partial charge in [0.25, 0.3) is 5.69 Å². The smallest absolute Gasteiger partial charge is 0.272 e. The molecule has 0 aliphatic heterocycles. The minimum Gasteiger partial charge on any atom is -0.457 e. The first kappa shape index (κ1) is 14.4. The SMILES string of the molecule is Cc1cc(Oc2ccnc(CC(N)=O)c2)ccc1[N+](=O)[O-]. The summed E-state index contributed by atoms with van der Waals surface area (Å²) in [5, 5.41) is 10.8. The zero-order valence-corrected chi connectivity index (χ0v) is 11.3. The quantitative estimate of drug-likeness (QED) is 0.669. The summed E-state index contributed by atoms with van der Waals surface area (Å²) in [5.74, 6) is 0.467. The fraction of sp³-hybridized carbons (Fsp3) is 0.143. The highest BCUT2D eigenvalue weighted by Crippen LogP contribution is 2.27. The number of nitrogens with two attached hydrogens (primary N) is 1. The van der Waals surface area contributed by atoms with Crippen LogP contribution in [0.1, 0.15) is 11.3 Å². The molecule has 0 unspecified atom stereocenters. The molecule has 0 fully saturated rings. The molecule has 0 bridgehead atoms. The molecule has 0 saturated heterocycles. The van der Waals surface area contributed by atoms with Crippen LogP contribution in [0.5, 0.6) is 11.5 Å². The Kier molecular flexibility index (Phi) is 4.13. The molecule has 21 heavy (non-hydrogen) atoms. The second kappa shape index (κ2) is 6.00. The van der Waals surface area contributed by atoms with E-state index in [1.54, 1.807) is 25.1 Å².